The Balaban J connectivity index is 1.86. The zero-order chi connectivity index (χ0) is 15.1. The highest BCUT2D eigenvalue weighted by Gasteiger charge is 2.03. The lowest BCUT2D eigenvalue weighted by atomic mass is 10.2. The van der Waals surface area contributed by atoms with Crippen LogP contribution in [-0.2, 0) is 0 Å². The molecule has 0 spiro atoms. The molecule has 21 heavy (non-hydrogen) atoms. The Hall–Kier alpha value is -1.68. The number of rotatable bonds is 7. The van der Waals surface area contributed by atoms with Gasteiger partial charge in [0.15, 0.2) is 11.5 Å². The number of para-hydroxylation sites is 2. The van der Waals surface area contributed by atoms with E-state index in [1.807, 2.05) is 37.3 Å². The van der Waals surface area contributed by atoms with Crippen LogP contribution in [0.2, 0.25) is 0 Å². The van der Waals surface area contributed by atoms with Crippen molar-refractivity contribution in [3.05, 3.63) is 52.5 Å². The van der Waals surface area contributed by atoms with E-state index in [0.29, 0.717) is 13.2 Å². The summed E-state index contributed by atoms with van der Waals surface area (Å²) in [6.45, 7) is 5.97. The smallest absolute Gasteiger partial charge is 0.161 e. The van der Waals surface area contributed by atoms with Crippen LogP contribution >= 0.6 is 15.9 Å². The summed E-state index contributed by atoms with van der Waals surface area (Å²) in [7, 11) is 0. The van der Waals surface area contributed by atoms with Crippen LogP contribution in [0.4, 0.5) is 5.69 Å². The Bertz CT molecular complexity index is 587. The summed E-state index contributed by atoms with van der Waals surface area (Å²) in [4.78, 5) is 0. The van der Waals surface area contributed by atoms with Crippen LogP contribution in [0.3, 0.4) is 0 Å². The fraction of sp³-hybridized carbons (Fsp3) is 0.294. The summed E-state index contributed by atoms with van der Waals surface area (Å²) in [5.74, 6) is 1.57. The molecule has 4 heteroatoms. The van der Waals surface area contributed by atoms with Crippen LogP contribution in [-0.4, -0.2) is 19.8 Å². The van der Waals surface area contributed by atoms with Crippen LogP contribution in [0.25, 0.3) is 0 Å². The zero-order valence-electron chi connectivity index (χ0n) is 12.4. The van der Waals surface area contributed by atoms with E-state index >= 15 is 0 Å². The second-order valence-electron chi connectivity index (χ2n) is 4.64. The molecule has 2 aromatic carbocycles. The van der Waals surface area contributed by atoms with Gasteiger partial charge in [-0.05, 0) is 59.6 Å². The van der Waals surface area contributed by atoms with Gasteiger partial charge in [0.2, 0.25) is 0 Å². The van der Waals surface area contributed by atoms with Crippen molar-refractivity contribution in [3.8, 4) is 11.5 Å². The highest BCUT2D eigenvalue weighted by Crippen LogP contribution is 2.26. The second kappa shape index (κ2) is 7.93. The van der Waals surface area contributed by atoms with Gasteiger partial charge >= 0.3 is 0 Å². The van der Waals surface area contributed by atoms with Crippen molar-refractivity contribution in [3.63, 3.8) is 0 Å². The standard InChI is InChI=1S/C17H20BrNO2/c1-3-20-16-6-4-5-7-17(16)21-11-10-19-15-12-13(2)8-9-14(15)18/h4-9,12,19H,3,10-11H2,1-2H3. The number of anilines is 1. The van der Waals surface area contributed by atoms with Crippen molar-refractivity contribution in [2.24, 2.45) is 0 Å². The largest absolute Gasteiger partial charge is 0.490 e. The van der Waals surface area contributed by atoms with Crippen molar-refractivity contribution >= 4 is 21.6 Å². The van der Waals surface area contributed by atoms with E-state index < -0.39 is 0 Å². The molecular weight excluding hydrogens is 330 g/mol. The number of hydrogen-bond donors (Lipinski definition) is 1. The molecule has 0 saturated heterocycles. The molecule has 112 valence electrons. The van der Waals surface area contributed by atoms with E-state index in [9.17, 15) is 0 Å². The number of benzene rings is 2. The second-order valence-corrected chi connectivity index (χ2v) is 5.49. The Morgan fingerprint density at radius 2 is 1.76 bits per heavy atom. The molecular formula is C17H20BrNO2. The molecule has 2 aromatic rings. The van der Waals surface area contributed by atoms with Crippen LogP contribution in [0, 0.1) is 6.92 Å². The van der Waals surface area contributed by atoms with E-state index in [-0.39, 0.29) is 0 Å². The molecule has 0 unspecified atom stereocenters. The summed E-state index contributed by atoms with van der Waals surface area (Å²) in [6.07, 6.45) is 0. The van der Waals surface area contributed by atoms with Gasteiger partial charge < -0.3 is 14.8 Å². The first-order chi connectivity index (χ1) is 10.2. The van der Waals surface area contributed by atoms with Gasteiger partial charge in [0, 0.05) is 16.7 Å². The maximum atomic E-state index is 5.78. The molecule has 0 aliphatic heterocycles. The van der Waals surface area contributed by atoms with Gasteiger partial charge in [-0.15, -0.1) is 0 Å². The summed E-state index contributed by atoms with van der Waals surface area (Å²) >= 11 is 3.54. The predicted molar refractivity (Wildman–Crippen MR) is 90.5 cm³/mol. The third kappa shape index (κ3) is 4.67. The van der Waals surface area contributed by atoms with Crippen molar-refractivity contribution in [2.75, 3.05) is 25.1 Å². The van der Waals surface area contributed by atoms with Gasteiger partial charge in [0.25, 0.3) is 0 Å². The topological polar surface area (TPSA) is 30.5 Å². The number of nitrogens with one attached hydrogen (secondary N) is 1. The third-order valence-corrected chi connectivity index (χ3v) is 3.64. The first kappa shape index (κ1) is 15.7. The molecule has 1 N–H and O–H groups in total. The van der Waals surface area contributed by atoms with Crippen LogP contribution < -0.4 is 14.8 Å². The maximum Gasteiger partial charge on any atom is 0.161 e. The molecule has 0 heterocycles. The van der Waals surface area contributed by atoms with E-state index in [2.05, 4.69) is 40.3 Å². The van der Waals surface area contributed by atoms with E-state index in [0.717, 1.165) is 28.2 Å². The lowest BCUT2D eigenvalue weighted by Gasteiger charge is -2.13. The van der Waals surface area contributed by atoms with Gasteiger partial charge in [0.1, 0.15) is 6.61 Å². The summed E-state index contributed by atoms with van der Waals surface area (Å²) in [6, 6.07) is 14.0. The zero-order valence-corrected chi connectivity index (χ0v) is 13.9. The number of aryl methyl sites for hydroxylation is 1. The van der Waals surface area contributed by atoms with Gasteiger partial charge in [-0.2, -0.15) is 0 Å². The van der Waals surface area contributed by atoms with Gasteiger partial charge in [-0.3, -0.25) is 0 Å². The molecule has 0 aliphatic rings. The monoisotopic (exact) mass is 349 g/mol. The first-order valence-electron chi connectivity index (χ1n) is 7.05. The van der Waals surface area contributed by atoms with Crippen LogP contribution in [0.1, 0.15) is 12.5 Å². The van der Waals surface area contributed by atoms with Gasteiger partial charge in [-0.1, -0.05) is 18.2 Å². The van der Waals surface area contributed by atoms with Crippen molar-refractivity contribution in [1.29, 1.82) is 0 Å². The molecule has 0 fully saturated rings. The molecule has 0 aliphatic carbocycles. The number of halogens is 1. The van der Waals surface area contributed by atoms with Gasteiger partial charge in [-0.25, -0.2) is 0 Å². The lowest BCUT2D eigenvalue weighted by molar-refractivity contribution is 0.284. The molecule has 0 saturated carbocycles. The first-order valence-corrected chi connectivity index (χ1v) is 7.84. The van der Waals surface area contributed by atoms with E-state index in [4.69, 9.17) is 9.47 Å². The Labute approximate surface area is 134 Å². The molecule has 0 radical (unpaired) electrons. The molecule has 2 rings (SSSR count). The van der Waals surface area contributed by atoms with Crippen LogP contribution in [0.15, 0.2) is 46.9 Å². The maximum absolute atomic E-state index is 5.78. The minimum Gasteiger partial charge on any atom is -0.490 e. The SMILES string of the molecule is CCOc1ccccc1OCCNc1cc(C)ccc1Br. The minimum atomic E-state index is 0.574. The molecule has 0 atom stereocenters. The Morgan fingerprint density at radius 1 is 1.05 bits per heavy atom. The van der Waals surface area contributed by atoms with Crippen molar-refractivity contribution in [1.82, 2.24) is 0 Å². The average Bonchev–Trinajstić information content (AvgIpc) is 2.49. The Kier molecular flexibility index (Phi) is 5.93. The fourth-order valence-electron chi connectivity index (χ4n) is 1.97. The minimum absolute atomic E-state index is 0.574. The van der Waals surface area contributed by atoms with E-state index in [1.54, 1.807) is 0 Å². The lowest BCUT2D eigenvalue weighted by Crippen LogP contribution is -2.12. The summed E-state index contributed by atoms with van der Waals surface area (Å²) < 4.78 is 12.4. The highest BCUT2D eigenvalue weighted by atomic mass is 79.9. The summed E-state index contributed by atoms with van der Waals surface area (Å²) in [5.41, 5.74) is 2.31. The van der Waals surface area contributed by atoms with Crippen LogP contribution in [0.5, 0.6) is 11.5 Å². The molecule has 3 nitrogen and oxygen atoms in total. The molecule has 0 bridgehead atoms. The average molecular weight is 350 g/mol. The normalized spacial score (nSPS) is 10.2. The molecule has 0 amide bonds. The fourth-order valence-corrected chi connectivity index (χ4v) is 2.35. The number of ether oxygens (including phenoxy) is 2. The van der Waals surface area contributed by atoms with Crippen molar-refractivity contribution in [2.45, 2.75) is 13.8 Å². The predicted octanol–water partition coefficient (Wildman–Crippen LogP) is 4.65. The summed E-state index contributed by atoms with van der Waals surface area (Å²) in [5, 5.41) is 3.36. The third-order valence-electron chi connectivity index (χ3n) is 2.95. The quantitative estimate of drug-likeness (QED) is 0.738. The van der Waals surface area contributed by atoms with Crippen molar-refractivity contribution < 1.29 is 9.47 Å². The highest BCUT2D eigenvalue weighted by molar-refractivity contribution is 9.10. The number of hydrogen-bond acceptors (Lipinski definition) is 3. The molecule has 0 aromatic heterocycles. The van der Waals surface area contributed by atoms with Gasteiger partial charge in [0.05, 0.1) is 6.61 Å². The Morgan fingerprint density at radius 3 is 2.48 bits per heavy atom. The van der Waals surface area contributed by atoms with E-state index in [1.165, 1.54) is 5.56 Å².